The first-order chi connectivity index (χ1) is 8.07. The standard InChI is InChI=1S/C12H12N2O2S/c1-9(6-7-13)8-17(16)12(15)10-4-2-3-5-11(10)14-17/h2-6,14,16H,8H2,1H3. The molecule has 0 aliphatic carbocycles. The number of para-hydroxylation sites is 1. The van der Waals surface area contributed by atoms with E-state index in [-0.39, 0.29) is 10.9 Å². The van der Waals surface area contributed by atoms with Gasteiger partial charge < -0.3 is 9.27 Å². The zero-order valence-electron chi connectivity index (χ0n) is 9.30. The number of fused-ring (bicyclic) bond motifs is 1. The molecule has 0 saturated carbocycles. The molecule has 0 bridgehead atoms. The van der Waals surface area contributed by atoms with E-state index < -0.39 is 10.5 Å². The molecule has 1 atom stereocenters. The summed E-state index contributed by atoms with van der Waals surface area (Å²) in [6.45, 7) is 1.73. The molecule has 4 nitrogen and oxygen atoms in total. The van der Waals surface area contributed by atoms with Gasteiger partial charge in [0.05, 0.1) is 17.3 Å². The number of nitrogens with one attached hydrogen (secondary N) is 1. The Kier molecular flexibility index (Phi) is 2.92. The SMILES string of the molecule is CC(=CC#N)CS1(O)Nc2ccccc2C1=O. The Morgan fingerprint density at radius 2 is 2.29 bits per heavy atom. The molecular weight excluding hydrogens is 236 g/mol. The molecule has 0 amide bonds. The van der Waals surface area contributed by atoms with Gasteiger partial charge in [-0.3, -0.25) is 4.79 Å². The zero-order valence-corrected chi connectivity index (χ0v) is 10.1. The molecule has 1 aliphatic rings. The van der Waals surface area contributed by atoms with Gasteiger partial charge in [-0.2, -0.15) is 5.26 Å². The molecule has 0 aromatic heterocycles. The third kappa shape index (κ3) is 2.05. The molecule has 2 rings (SSSR count). The van der Waals surface area contributed by atoms with Gasteiger partial charge in [0, 0.05) is 22.3 Å². The van der Waals surface area contributed by atoms with Crippen molar-refractivity contribution in [3.05, 3.63) is 41.5 Å². The predicted octanol–water partition coefficient (Wildman–Crippen LogP) is 2.91. The van der Waals surface area contributed by atoms with Gasteiger partial charge in [-0.1, -0.05) is 17.7 Å². The van der Waals surface area contributed by atoms with Gasteiger partial charge in [-0.05, 0) is 19.1 Å². The molecule has 1 aromatic rings. The van der Waals surface area contributed by atoms with Gasteiger partial charge in [0.15, 0.2) is 0 Å². The minimum absolute atomic E-state index is 0.189. The molecule has 88 valence electrons. The summed E-state index contributed by atoms with van der Waals surface area (Å²) in [5.41, 5.74) is 1.88. The average Bonchev–Trinajstić information content (AvgIpc) is 2.52. The quantitative estimate of drug-likeness (QED) is 0.789. The average molecular weight is 248 g/mol. The molecule has 0 spiro atoms. The predicted molar refractivity (Wildman–Crippen MR) is 68.9 cm³/mol. The van der Waals surface area contributed by atoms with Crippen LogP contribution in [0.25, 0.3) is 0 Å². The summed E-state index contributed by atoms with van der Waals surface area (Å²) in [5.74, 6) is 0.189. The fraction of sp³-hybridized carbons (Fsp3) is 0.167. The van der Waals surface area contributed by atoms with Crippen LogP contribution >= 0.6 is 10.5 Å². The van der Waals surface area contributed by atoms with E-state index in [1.165, 1.54) is 6.08 Å². The van der Waals surface area contributed by atoms with Crippen LogP contribution < -0.4 is 4.72 Å². The van der Waals surface area contributed by atoms with Crippen molar-refractivity contribution >= 4 is 21.3 Å². The van der Waals surface area contributed by atoms with Crippen LogP contribution in [-0.2, 0) is 0 Å². The Balaban J connectivity index is 2.30. The fourth-order valence-corrected chi connectivity index (χ4v) is 3.87. The van der Waals surface area contributed by atoms with E-state index >= 15 is 0 Å². The molecule has 1 unspecified atom stereocenters. The minimum atomic E-state index is -2.57. The number of nitriles is 1. The lowest BCUT2D eigenvalue weighted by Crippen LogP contribution is -2.16. The number of hydrogen-bond donors (Lipinski definition) is 2. The van der Waals surface area contributed by atoms with Crippen molar-refractivity contribution in [3.63, 3.8) is 0 Å². The summed E-state index contributed by atoms with van der Waals surface area (Å²) in [7, 11) is -2.57. The number of hydrogen-bond acceptors (Lipinski definition) is 4. The molecular formula is C12H12N2O2S. The Hall–Kier alpha value is -1.77. The molecule has 0 radical (unpaired) electrons. The van der Waals surface area contributed by atoms with Crippen LogP contribution in [0.4, 0.5) is 5.69 Å². The van der Waals surface area contributed by atoms with Crippen molar-refractivity contribution in [2.75, 3.05) is 10.5 Å². The summed E-state index contributed by atoms with van der Waals surface area (Å²) in [6.07, 6.45) is 1.35. The Bertz CT molecular complexity index is 548. The number of benzene rings is 1. The second-order valence-electron chi connectivity index (χ2n) is 3.90. The van der Waals surface area contributed by atoms with Gasteiger partial charge in [0.1, 0.15) is 0 Å². The monoisotopic (exact) mass is 248 g/mol. The van der Waals surface area contributed by atoms with Crippen LogP contribution in [0.1, 0.15) is 17.3 Å². The number of carbonyl (C=O) groups is 1. The fourth-order valence-electron chi connectivity index (χ4n) is 1.74. The topological polar surface area (TPSA) is 73.1 Å². The van der Waals surface area contributed by atoms with Crippen molar-refractivity contribution < 1.29 is 9.35 Å². The number of nitrogens with zero attached hydrogens (tertiary/aromatic N) is 1. The Morgan fingerprint density at radius 3 is 2.94 bits per heavy atom. The van der Waals surface area contributed by atoms with E-state index in [1.807, 2.05) is 12.1 Å². The smallest absolute Gasteiger partial charge is 0.243 e. The maximum absolute atomic E-state index is 12.1. The first kappa shape index (κ1) is 11.7. The van der Waals surface area contributed by atoms with E-state index in [2.05, 4.69) is 4.72 Å². The Morgan fingerprint density at radius 1 is 1.59 bits per heavy atom. The summed E-state index contributed by atoms with van der Waals surface area (Å²) in [6, 6.07) is 8.93. The summed E-state index contributed by atoms with van der Waals surface area (Å²) < 4.78 is 13.2. The molecule has 1 heterocycles. The van der Waals surface area contributed by atoms with Crippen LogP contribution in [0.15, 0.2) is 35.9 Å². The van der Waals surface area contributed by atoms with E-state index in [9.17, 15) is 9.35 Å². The third-order valence-corrected chi connectivity index (χ3v) is 4.74. The molecule has 2 N–H and O–H groups in total. The number of allylic oxidation sites excluding steroid dienone is 1. The van der Waals surface area contributed by atoms with Crippen LogP contribution in [-0.4, -0.2) is 15.4 Å². The number of rotatable bonds is 2. The van der Waals surface area contributed by atoms with Gasteiger partial charge in [-0.15, -0.1) is 0 Å². The zero-order chi connectivity index (χ0) is 12.5. The van der Waals surface area contributed by atoms with Gasteiger partial charge >= 0.3 is 0 Å². The second-order valence-corrected chi connectivity index (χ2v) is 6.17. The van der Waals surface area contributed by atoms with Crippen molar-refractivity contribution in [1.82, 2.24) is 0 Å². The van der Waals surface area contributed by atoms with Gasteiger partial charge in [0.25, 0.3) is 0 Å². The number of anilines is 1. The minimum Gasteiger partial charge on any atom is -0.326 e. The van der Waals surface area contributed by atoms with Gasteiger partial charge in [-0.25, -0.2) is 0 Å². The molecule has 1 aliphatic heterocycles. The molecule has 17 heavy (non-hydrogen) atoms. The van der Waals surface area contributed by atoms with Crippen LogP contribution in [0.2, 0.25) is 0 Å². The van der Waals surface area contributed by atoms with E-state index in [0.717, 1.165) is 0 Å². The van der Waals surface area contributed by atoms with Gasteiger partial charge in [0.2, 0.25) is 5.12 Å². The largest absolute Gasteiger partial charge is 0.326 e. The van der Waals surface area contributed by atoms with E-state index in [4.69, 9.17) is 5.26 Å². The molecule has 0 saturated heterocycles. The first-order valence-corrected chi connectivity index (χ1v) is 6.82. The Labute approximate surface area is 101 Å². The molecule has 1 aromatic carbocycles. The van der Waals surface area contributed by atoms with Crippen LogP contribution in [0.5, 0.6) is 0 Å². The maximum atomic E-state index is 12.1. The van der Waals surface area contributed by atoms with Crippen molar-refractivity contribution in [1.29, 1.82) is 5.26 Å². The summed E-state index contributed by atoms with van der Waals surface area (Å²) in [5, 5.41) is 8.26. The summed E-state index contributed by atoms with van der Waals surface area (Å²) in [4.78, 5) is 12.1. The van der Waals surface area contributed by atoms with E-state index in [0.29, 0.717) is 16.8 Å². The van der Waals surface area contributed by atoms with E-state index in [1.54, 1.807) is 25.1 Å². The molecule has 0 fully saturated rings. The lowest BCUT2D eigenvalue weighted by Gasteiger charge is -2.27. The highest BCUT2D eigenvalue weighted by Gasteiger charge is 2.38. The lowest BCUT2D eigenvalue weighted by molar-refractivity contribution is 0.108. The molecule has 5 heteroatoms. The lowest BCUT2D eigenvalue weighted by atomic mass is 10.2. The first-order valence-electron chi connectivity index (χ1n) is 5.07. The van der Waals surface area contributed by atoms with Crippen LogP contribution in [0.3, 0.4) is 0 Å². The van der Waals surface area contributed by atoms with Crippen LogP contribution in [0, 0.1) is 11.3 Å². The van der Waals surface area contributed by atoms with Crippen molar-refractivity contribution in [2.45, 2.75) is 6.92 Å². The highest BCUT2D eigenvalue weighted by molar-refractivity contribution is 8.42. The third-order valence-electron chi connectivity index (χ3n) is 2.48. The van der Waals surface area contributed by atoms with Crippen molar-refractivity contribution in [3.8, 4) is 6.07 Å². The highest BCUT2D eigenvalue weighted by atomic mass is 32.3. The number of carbonyl (C=O) groups excluding carboxylic acids is 1. The van der Waals surface area contributed by atoms with Crippen molar-refractivity contribution in [2.24, 2.45) is 0 Å². The maximum Gasteiger partial charge on any atom is 0.243 e. The highest BCUT2D eigenvalue weighted by Crippen LogP contribution is 2.54. The second kappa shape index (κ2) is 4.24. The summed E-state index contributed by atoms with van der Waals surface area (Å²) >= 11 is 0. The normalized spacial score (nSPS) is 26.6.